The third-order valence-corrected chi connectivity index (χ3v) is 2.56. The van der Waals surface area contributed by atoms with Gasteiger partial charge in [-0.3, -0.25) is 0 Å². The van der Waals surface area contributed by atoms with Crippen LogP contribution in [0.3, 0.4) is 0 Å². The van der Waals surface area contributed by atoms with E-state index in [0.717, 1.165) is 0 Å². The van der Waals surface area contributed by atoms with Gasteiger partial charge in [-0.05, 0) is 18.2 Å². The standard InChI is InChI=1S/C13H9N3O5/c17-13(9-4-1-2-6-16(9)18)20-8-11-14-15-12(21-11)10-5-3-7-19-10/h1-7H,8H2. The molecule has 0 saturated carbocycles. The van der Waals surface area contributed by atoms with Crippen molar-refractivity contribution in [2.45, 2.75) is 6.61 Å². The van der Waals surface area contributed by atoms with E-state index in [1.807, 2.05) is 0 Å². The fourth-order valence-corrected chi connectivity index (χ4v) is 1.60. The maximum absolute atomic E-state index is 11.7. The maximum Gasteiger partial charge on any atom is 0.405 e. The Labute approximate surface area is 118 Å². The summed E-state index contributed by atoms with van der Waals surface area (Å²) in [7, 11) is 0. The predicted octanol–water partition coefficient (Wildman–Crippen LogP) is 1.32. The molecule has 0 aliphatic heterocycles. The maximum atomic E-state index is 11.7. The van der Waals surface area contributed by atoms with Crippen molar-refractivity contribution in [1.82, 2.24) is 10.2 Å². The van der Waals surface area contributed by atoms with Gasteiger partial charge in [-0.15, -0.1) is 10.2 Å². The Hall–Kier alpha value is -3.16. The molecule has 0 saturated heterocycles. The summed E-state index contributed by atoms with van der Waals surface area (Å²) >= 11 is 0. The Morgan fingerprint density at radius 2 is 2.19 bits per heavy atom. The van der Waals surface area contributed by atoms with Crippen molar-refractivity contribution in [1.29, 1.82) is 0 Å². The number of esters is 1. The molecule has 0 aliphatic carbocycles. The van der Waals surface area contributed by atoms with Gasteiger partial charge >= 0.3 is 11.7 Å². The third-order valence-electron chi connectivity index (χ3n) is 2.56. The minimum atomic E-state index is -0.775. The van der Waals surface area contributed by atoms with E-state index in [-0.39, 0.29) is 24.1 Å². The lowest BCUT2D eigenvalue weighted by Gasteiger charge is -2.02. The molecule has 8 heteroatoms. The predicted molar refractivity (Wildman–Crippen MR) is 66.5 cm³/mol. The summed E-state index contributed by atoms with van der Waals surface area (Å²) < 4.78 is 15.7. The summed E-state index contributed by atoms with van der Waals surface area (Å²) in [5.41, 5.74) is -0.122. The second kappa shape index (κ2) is 5.45. The zero-order chi connectivity index (χ0) is 14.7. The lowest BCUT2D eigenvalue weighted by atomic mass is 10.3. The summed E-state index contributed by atoms with van der Waals surface area (Å²) in [6, 6.07) is 7.77. The second-order valence-electron chi connectivity index (χ2n) is 3.97. The van der Waals surface area contributed by atoms with Crippen molar-refractivity contribution in [2.75, 3.05) is 0 Å². The monoisotopic (exact) mass is 287 g/mol. The summed E-state index contributed by atoms with van der Waals surface area (Å²) in [5.74, 6) is -0.0725. The first-order valence-corrected chi connectivity index (χ1v) is 5.95. The fraction of sp³-hybridized carbons (Fsp3) is 0.0769. The number of carbonyl (C=O) groups excluding carboxylic acids is 1. The molecule has 0 radical (unpaired) electrons. The highest BCUT2D eigenvalue weighted by Crippen LogP contribution is 2.18. The Morgan fingerprint density at radius 3 is 2.95 bits per heavy atom. The number of rotatable bonds is 4. The van der Waals surface area contributed by atoms with E-state index in [2.05, 4.69) is 10.2 Å². The number of hydrogen-bond donors (Lipinski definition) is 0. The highest BCUT2D eigenvalue weighted by atomic mass is 16.5. The number of furan rings is 1. The van der Waals surface area contributed by atoms with Gasteiger partial charge in [0.1, 0.15) is 0 Å². The van der Waals surface area contributed by atoms with Gasteiger partial charge in [-0.2, -0.15) is 4.73 Å². The molecule has 0 N–H and O–H groups in total. The number of pyridine rings is 1. The fourth-order valence-electron chi connectivity index (χ4n) is 1.60. The lowest BCUT2D eigenvalue weighted by molar-refractivity contribution is -0.608. The molecule has 21 heavy (non-hydrogen) atoms. The van der Waals surface area contributed by atoms with E-state index in [1.54, 1.807) is 18.2 Å². The largest absolute Gasteiger partial charge is 0.618 e. The summed E-state index contributed by atoms with van der Waals surface area (Å²) in [6.07, 6.45) is 2.68. The third kappa shape index (κ3) is 2.73. The summed E-state index contributed by atoms with van der Waals surface area (Å²) in [4.78, 5) is 11.7. The Morgan fingerprint density at radius 1 is 1.29 bits per heavy atom. The molecule has 0 spiro atoms. The van der Waals surface area contributed by atoms with Crippen molar-refractivity contribution in [2.24, 2.45) is 0 Å². The number of nitrogens with zero attached hydrogens (tertiary/aromatic N) is 3. The molecule has 106 valence electrons. The van der Waals surface area contributed by atoms with E-state index in [1.165, 1.54) is 24.6 Å². The van der Waals surface area contributed by atoms with Crippen LogP contribution in [0, 0.1) is 5.21 Å². The minimum absolute atomic E-state index is 0.100. The van der Waals surface area contributed by atoms with Crippen LogP contribution in [0.1, 0.15) is 16.4 Å². The molecular formula is C13H9N3O5. The van der Waals surface area contributed by atoms with Crippen LogP contribution in [0.4, 0.5) is 0 Å². The zero-order valence-electron chi connectivity index (χ0n) is 10.6. The Kier molecular flexibility index (Phi) is 3.34. The summed E-state index contributed by atoms with van der Waals surface area (Å²) in [5, 5.41) is 18.9. The normalized spacial score (nSPS) is 10.5. The van der Waals surface area contributed by atoms with E-state index >= 15 is 0 Å². The van der Waals surface area contributed by atoms with Crippen LogP contribution in [-0.2, 0) is 11.3 Å². The van der Waals surface area contributed by atoms with Crippen LogP contribution in [0.15, 0.2) is 51.6 Å². The first-order valence-electron chi connectivity index (χ1n) is 5.95. The lowest BCUT2D eigenvalue weighted by Crippen LogP contribution is -2.34. The van der Waals surface area contributed by atoms with Crippen LogP contribution in [0.5, 0.6) is 0 Å². The molecule has 8 nitrogen and oxygen atoms in total. The van der Waals surface area contributed by atoms with Gasteiger partial charge in [-0.25, -0.2) is 4.79 Å². The first-order chi connectivity index (χ1) is 10.2. The number of aromatic nitrogens is 3. The molecule has 3 heterocycles. The van der Waals surface area contributed by atoms with Gasteiger partial charge in [-0.1, -0.05) is 0 Å². The molecule has 0 aliphatic rings. The smallest absolute Gasteiger partial charge is 0.405 e. The average Bonchev–Trinajstić information content (AvgIpc) is 3.16. The molecule has 0 aromatic carbocycles. The molecule has 0 atom stereocenters. The van der Waals surface area contributed by atoms with Gasteiger partial charge in [0.05, 0.1) is 6.26 Å². The molecule has 0 fully saturated rings. The zero-order valence-corrected chi connectivity index (χ0v) is 10.6. The number of hydrogen-bond acceptors (Lipinski definition) is 7. The van der Waals surface area contributed by atoms with E-state index in [9.17, 15) is 10.0 Å². The Balaban J connectivity index is 1.66. The van der Waals surface area contributed by atoms with Crippen molar-refractivity contribution in [3.05, 3.63) is 59.6 Å². The average molecular weight is 287 g/mol. The van der Waals surface area contributed by atoms with Crippen LogP contribution < -0.4 is 4.73 Å². The molecule has 3 rings (SSSR count). The van der Waals surface area contributed by atoms with Gasteiger partial charge in [0.25, 0.3) is 11.8 Å². The number of carbonyl (C=O) groups is 1. The summed E-state index contributed by atoms with van der Waals surface area (Å²) in [6.45, 7) is -0.235. The highest BCUT2D eigenvalue weighted by Gasteiger charge is 2.18. The van der Waals surface area contributed by atoms with Crippen molar-refractivity contribution >= 4 is 5.97 Å². The van der Waals surface area contributed by atoms with Crippen molar-refractivity contribution in [3.8, 4) is 11.7 Å². The second-order valence-corrected chi connectivity index (χ2v) is 3.97. The van der Waals surface area contributed by atoms with Crippen molar-refractivity contribution < 1.29 is 23.1 Å². The van der Waals surface area contributed by atoms with E-state index < -0.39 is 5.97 Å². The van der Waals surface area contributed by atoms with Gasteiger partial charge in [0.2, 0.25) is 0 Å². The number of ether oxygens (including phenoxy) is 1. The van der Waals surface area contributed by atoms with Crippen LogP contribution >= 0.6 is 0 Å². The van der Waals surface area contributed by atoms with Crippen LogP contribution in [0.2, 0.25) is 0 Å². The molecule has 3 aromatic heterocycles. The molecular weight excluding hydrogens is 278 g/mol. The van der Waals surface area contributed by atoms with E-state index in [0.29, 0.717) is 10.5 Å². The first kappa shape index (κ1) is 12.9. The molecule has 0 bridgehead atoms. The van der Waals surface area contributed by atoms with Gasteiger partial charge in [0, 0.05) is 12.1 Å². The van der Waals surface area contributed by atoms with Crippen LogP contribution in [0.25, 0.3) is 11.7 Å². The quantitative estimate of drug-likeness (QED) is 0.404. The molecule has 0 amide bonds. The minimum Gasteiger partial charge on any atom is -0.618 e. The topological polar surface area (TPSA) is 105 Å². The Bertz CT molecular complexity index is 751. The SMILES string of the molecule is O=C(OCc1nnc(-c2ccco2)o1)c1cccc[n+]1[O-]. The van der Waals surface area contributed by atoms with Crippen molar-refractivity contribution in [3.63, 3.8) is 0 Å². The molecule has 3 aromatic rings. The highest BCUT2D eigenvalue weighted by molar-refractivity contribution is 5.85. The van der Waals surface area contributed by atoms with Gasteiger partial charge in [0.15, 0.2) is 18.6 Å². The van der Waals surface area contributed by atoms with Crippen LogP contribution in [-0.4, -0.2) is 16.2 Å². The molecule has 0 unspecified atom stereocenters. The van der Waals surface area contributed by atoms with Gasteiger partial charge < -0.3 is 18.8 Å². The van der Waals surface area contributed by atoms with E-state index in [4.69, 9.17) is 13.6 Å².